The van der Waals surface area contributed by atoms with E-state index in [0.29, 0.717) is 29.1 Å². The van der Waals surface area contributed by atoms with E-state index < -0.39 is 17.7 Å². The first-order valence-electron chi connectivity index (χ1n) is 15.5. The van der Waals surface area contributed by atoms with Gasteiger partial charge in [-0.25, -0.2) is 4.79 Å². The van der Waals surface area contributed by atoms with E-state index in [-0.39, 0.29) is 12.3 Å². The van der Waals surface area contributed by atoms with Crippen molar-refractivity contribution in [2.45, 2.75) is 97.1 Å². The highest BCUT2D eigenvalue weighted by Crippen LogP contribution is 2.32. The maximum Gasteiger partial charge on any atom is 0.408 e. The molecule has 1 atom stereocenters. The number of carbonyl (C=O) groups is 2. The molecule has 0 bridgehead atoms. The number of carbonyl (C=O) groups excluding carboxylic acids is 2. The van der Waals surface area contributed by atoms with Crippen LogP contribution in [0, 0.1) is 0 Å². The number of alkyl carbamates (subject to hydrolysis) is 1. The Morgan fingerprint density at radius 2 is 1.74 bits per heavy atom. The molecule has 2 aromatic rings. The predicted molar refractivity (Wildman–Crippen MR) is 174 cm³/mol. The standard InChI is InChI=1S/C34H49Cl2N3O3/c1-6-19-38(7-2)20-11-10-13-25-12-8-9-14-29(25)26-17-21-39(22-18-26)32(40)31(37-33(41)42-34(3,4)5)23-27-15-16-28(35)24-30(27)36/h8-9,12,14-16,24,26,31H,6-7,10-11,13,17-23H2,1-5H3,(H,37,41)/t31-/m1/s1. The molecule has 0 saturated carbocycles. The fourth-order valence-electron chi connectivity index (χ4n) is 5.74. The third-order valence-electron chi connectivity index (χ3n) is 7.89. The number of nitrogens with one attached hydrogen (secondary N) is 1. The van der Waals surface area contributed by atoms with Crippen LogP contribution in [0.2, 0.25) is 10.0 Å². The maximum atomic E-state index is 13.8. The van der Waals surface area contributed by atoms with Gasteiger partial charge in [0.1, 0.15) is 11.6 Å². The lowest BCUT2D eigenvalue weighted by molar-refractivity contribution is -0.134. The summed E-state index contributed by atoms with van der Waals surface area (Å²) in [5, 5.41) is 3.80. The lowest BCUT2D eigenvalue weighted by Gasteiger charge is -2.35. The van der Waals surface area contributed by atoms with Crippen molar-refractivity contribution >= 4 is 35.2 Å². The molecule has 42 heavy (non-hydrogen) atoms. The highest BCUT2D eigenvalue weighted by atomic mass is 35.5. The Morgan fingerprint density at radius 1 is 1.02 bits per heavy atom. The number of rotatable bonds is 13. The van der Waals surface area contributed by atoms with Gasteiger partial charge in [0, 0.05) is 29.6 Å². The van der Waals surface area contributed by atoms with Gasteiger partial charge in [0.05, 0.1) is 0 Å². The molecule has 0 radical (unpaired) electrons. The van der Waals surface area contributed by atoms with Crippen molar-refractivity contribution in [1.29, 1.82) is 0 Å². The number of aryl methyl sites for hydroxylation is 1. The first-order chi connectivity index (χ1) is 20.0. The summed E-state index contributed by atoms with van der Waals surface area (Å²) >= 11 is 12.5. The third-order valence-corrected chi connectivity index (χ3v) is 8.47. The second-order valence-electron chi connectivity index (χ2n) is 12.3. The topological polar surface area (TPSA) is 61.9 Å². The monoisotopic (exact) mass is 617 g/mol. The number of halogens is 2. The maximum absolute atomic E-state index is 13.8. The van der Waals surface area contributed by atoms with Gasteiger partial charge in [0.2, 0.25) is 5.91 Å². The Bertz CT molecular complexity index is 1160. The average Bonchev–Trinajstić information content (AvgIpc) is 2.94. The van der Waals surface area contributed by atoms with Gasteiger partial charge in [0.15, 0.2) is 0 Å². The molecule has 2 amide bonds. The highest BCUT2D eigenvalue weighted by molar-refractivity contribution is 6.35. The second-order valence-corrected chi connectivity index (χ2v) is 13.2. The molecule has 0 aliphatic carbocycles. The summed E-state index contributed by atoms with van der Waals surface area (Å²) in [5.74, 6) is 0.298. The molecule has 6 nitrogen and oxygen atoms in total. The Hall–Kier alpha value is -2.28. The summed E-state index contributed by atoms with van der Waals surface area (Å²) < 4.78 is 5.47. The molecular formula is C34H49Cl2N3O3. The van der Waals surface area contributed by atoms with Gasteiger partial charge in [-0.3, -0.25) is 4.79 Å². The minimum Gasteiger partial charge on any atom is -0.444 e. The zero-order valence-electron chi connectivity index (χ0n) is 26.1. The molecule has 0 spiro atoms. The van der Waals surface area contributed by atoms with Gasteiger partial charge in [-0.15, -0.1) is 0 Å². The molecule has 3 rings (SSSR count). The Morgan fingerprint density at radius 3 is 2.38 bits per heavy atom. The summed E-state index contributed by atoms with van der Waals surface area (Å²) in [4.78, 5) is 30.9. The Labute approximate surface area is 263 Å². The molecule has 0 unspecified atom stereocenters. The normalized spacial score (nSPS) is 15.1. The molecule has 1 aliphatic heterocycles. The van der Waals surface area contributed by atoms with Crippen molar-refractivity contribution in [2.75, 3.05) is 32.7 Å². The minimum absolute atomic E-state index is 0.119. The number of benzene rings is 2. The molecule has 232 valence electrons. The van der Waals surface area contributed by atoms with Crippen LogP contribution >= 0.6 is 23.2 Å². The highest BCUT2D eigenvalue weighted by Gasteiger charge is 2.32. The van der Waals surface area contributed by atoms with Crippen LogP contribution in [0.3, 0.4) is 0 Å². The molecule has 1 aliphatic rings. The van der Waals surface area contributed by atoms with Crippen LogP contribution in [-0.2, 0) is 22.4 Å². The first-order valence-corrected chi connectivity index (χ1v) is 16.3. The van der Waals surface area contributed by atoms with Crippen LogP contribution in [0.4, 0.5) is 4.79 Å². The number of unbranched alkanes of at least 4 members (excludes halogenated alkanes) is 1. The minimum atomic E-state index is -0.794. The van der Waals surface area contributed by atoms with Gasteiger partial charge in [-0.2, -0.15) is 0 Å². The number of hydrogen-bond donors (Lipinski definition) is 1. The van der Waals surface area contributed by atoms with E-state index in [1.165, 1.54) is 36.9 Å². The molecule has 1 N–H and O–H groups in total. The number of hydrogen-bond acceptors (Lipinski definition) is 4. The predicted octanol–water partition coefficient (Wildman–Crippen LogP) is 7.89. The summed E-state index contributed by atoms with van der Waals surface area (Å²) in [6, 6.07) is 13.2. The van der Waals surface area contributed by atoms with Gasteiger partial charge in [-0.05, 0) is 114 Å². The second kappa shape index (κ2) is 16.5. The van der Waals surface area contributed by atoms with E-state index in [4.69, 9.17) is 27.9 Å². The van der Waals surface area contributed by atoms with Crippen LogP contribution in [0.25, 0.3) is 0 Å². The zero-order valence-corrected chi connectivity index (χ0v) is 27.6. The van der Waals surface area contributed by atoms with Crippen LogP contribution in [0.15, 0.2) is 42.5 Å². The molecule has 1 saturated heterocycles. The van der Waals surface area contributed by atoms with Crippen molar-refractivity contribution in [3.05, 3.63) is 69.2 Å². The van der Waals surface area contributed by atoms with E-state index in [9.17, 15) is 9.59 Å². The molecule has 0 aromatic heterocycles. The number of ether oxygens (including phenoxy) is 1. The molecule has 1 fully saturated rings. The van der Waals surface area contributed by atoms with Crippen LogP contribution < -0.4 is 5.32 Å². The summed E-state index contributed by atoms with van der Waals surface area (Å²) in [5.41, 5.74) is 2.92. The van der Waals surface area contributed by atoms with Gasteiger partial charge < -0.3 is 19.9 Å². The summed E-state index contributed by atoms with van der Waals surface area (Å²) in [7, 11) is 0. The Kier molecular flexibility index (Phi) is 13.5. The fraction of sp³-hybridized carbons (Fsp3) is 0.588. The van der Waals surface area contributed by atoms with Crippen molar-refractivity contribution in [1.82, 2.24) is 15.1 Å². The number of amides is 2. The van der Waals surface area contributed by atoms with Gasteiger partial charge in [-0.1, -0.05) is 67.4 Å². The summed E-state index contributed by atoms with van der Waals surface area (Å²) in [6.45, 7) is 14.6. The number of piperidine rings is 1. The summed E-state index contributed by atoms with van der Waals surface area (Å²) in [6.07, 6.45) is 6.09. The molecular weight excluding hydrogens is 569 g/mol. The fourth-order valence-corrected chi connectivity index (χ4v) is 6.23. The Balaban J connectivity index is 1.64. The van der Waals surface area contributed by atoms with E-state index in [2.05, 4.69) is 48.3 Å². The van der Waals surface area contributed by atoms with Crippen molar-refractivity contribution in [3.8, 4) is 0 Å². The SMILES string of the molecule is CCCN(CC)CCCCc1ccccc1C1CCN(C(=O)[C@@H](Cc2ccc(Cl)cc2Cl)NC(=O)OC(C)(C)C)CC1. The van der Waals surface area contributed by atoms with Crippen molar-refractivity contribution in [3.63, 3.8) is 0 Å². The smallest absolute Gasteiger partial charge is 0.408 e. The molecule has 2 aromatic carbocycles. The largest absolute Gasteiger partial charge is 0.444 e. The van der Waals surface area contributed by atoms with Crippen LogP contribution in [0.1, 0.15) is 89.3 Å². The quantitative estimate of drug-likeness (QED) is 0.232. The average molecular weight is 619 g/mol. The van der Waals surface area contributed by atoms with Gasteiger partial charge >= 0.3 is 6.09 Å². The van der Waals surface area contributed by atoms with Crippen LogP contribution in [0.5, 0.6) is 0 Å². The number of likely N-dealkylation sites (tertiary alicyclic amines) is 1. The van der Waals surface area contributed by atoms with E-state index in [0.717, 1.165) is 37.9 Å². The third kappa shape index (κ3) is 10.8. The van der Waals surface area contributed by atoms with Crippen molar-refractivity contribution < 1.29 is 14.3 Å². The lowest BCUT2D eigenvalue weighted by atomic mass is 9.85. The van der Waals surface area contributed by atoms with Crippen molar-refractivity contribution in [2.24, 2.45) is 0 Å². The van der Waals surface area contributed by atoms with Gasteiger partial charge in [0.25, 0.3) is 0 Å². The first kappa shape index (κ1) is 34.2. The molecule has 8 heteroatoms. The zero-order chi connectivity index (χ0) is 30.7. The van der Waals surface area contributed by atoms with E-state index >= 15 is 0 Å². The molecule has 1 heterocycles. The van der Waals surface area contributed by atoms with E-state index in [1.54, 1.807) is 39.0 Å². The van der Waals surface area contributed by atoms with Crippen LogP contribution in [-0.4, -0.2) is 66.2 Å². The number of nitrogens with zero attached hydrogens (tertiary/aromatic N) is 2. The van der Waals surface area contributed by atoms with E-state index in [1.807, 2.05) is 4.90 Å². The lowest BCUT2D eigenvalue weighted by Crippen LogP contribution is -2.52.